The van der Waals surface area contributed by atoms with E-state index in [4.69, 9.17) is 5.73 Å². The fraction of sp³-hybridized carbons (Fsp3) is 0.0800. The second-order valence-electron chi connectivity index (χ2n) is 7.31. The highest BCUT2D eigenvalue weighted by Crippen LogP contribution is 2.33. The SMILES string of the molecule is Nc1nc(C(=O)NCCc2ccccc2)nc2c1c1ccccc1n2-c1ccccc1. The van der Waals surface area contributed by atoms with E-state index >= 15 is 0 Å². The molecule has 0 radical (unpaired) electrons. The highest BCUT2D eigenvalue weighted by Gasteiger charge is 2.20. The van der Waals surface area contributed by atoms with Gasteiger partial charge in [-0.05, 0) is 30.2 Å². The van der Waals surface area contributed by atoms with E-state index in [1.54, 1.807) is 0 Å². The smallest absolute Gasteiger partial charge is 0.289 e. The molecule has 1 amide bonds. The van der Waals surface area contributed by atoms with Crippen LogP contribution in [0.3, 0.4) is 0 Å². The molecule has 0 saturated carbocycles. The number of carbonyl (C=O) groups excluding carboxylic acids is 1. The van der Waals surface area contributed by atoms with Crippen molar-refractivity contribution in [2.45, 2.75) is 6.42 Å². The number of aromatic nitrogens is 3. The van der Waals surface area contributed by atoms with Crippen LogP contribution in [0.2, 0.25) is 0 Å². The van der Waals surface area contributed by atoms with Crippen LogP contribution in [0.4, 0.5) is 5.82 Å². The van der Waals surface area contributed by atoms with Crippen LogP contribution >= 0.6 is 0 Å². The zero-order chi connectivity index (χ0) is 21.2. The largest absolute Gasteiger partial charge is 0.383 e. The van der Waals surface area contributed by atoms with Crippen molar-refractivity contribution in [3.63, 3.8) is 0 Å². The van der Waals surface area contributed by atoms with Gasteiger partial charge in [-0.3, -0.25) is 9.36 Å². The maximum atomic E-state index is 12.8. The van der Waals surface area contributed by atoms with E-state index in [1.165, 1.54) is 0 Å². The predicted octanol–water partition coefficient (Wildman–Crippen LogP) is 4.13. The average molecular weight is 407 g/mol. The molecule has 0 aliphatic heterocycles. The van der Waals surface area contributed by atoms with Crippen LogP contribution in [0.15, 0.2) is 84.9 Å². The number of rotatable bonds is 5. The van der Waals surface area contributed by atoms with Gasteiger partial charge in [-0.15, -0.1) is 0 Å². The van der Waals surface area contributed by atoms with E-state index in [2.05, 4.69) is 15.3 Å². The zero-order valence-electron chi connectivity index (χ0n) is 16.8. The molecule has 6 nitrogen and oxygen atoms in total. The summed E-state index contributed by atoms with van der Waals surface area (Å²) >= 11 is 0. The predicted molar refractivity (Wildman–Crippen MR) is 123 cm³/mol. The molecule has 3 N–H and O–H groups in total. The van der Waals surface area contributed by atoms with Gasteiger partial charge in [0.1, 0.15) is 5.82 Å². The Morgan fingerprint density at radius 3 is 2.32 bits per heavy atom. The standard InChI is InChI=1S/C25H21N5O/c26-22-21-19-13-7-8-14-20(19)30(18-11-5-2-6-12-18)24(21)29-23(28-22)25(31)27-16-15-17-9-3-1-4-10-17/h1-14H,15-16H2,(H,27,31)(H2,26,28,29). The number of nitrogens with two attached hydrogens (primary N) is 1. The van der Waals surface area contributed by atoms with Gasteiger partial charge in [-0.1, -0.05) is 66.7 Å². The summed E-state index contributed by atoms with van der Waals surface area (Å²) in [5.41, 5.74) is 10.0. The summed E-state index contributed by atoms with van der Waals surface area (Å²) in [4.78, 5) is 21.8. The normalized spacial score (nSPS) is 11.1. The Hall–Kier alpha value is -4.19. The van der Waals surface area contributed by atoms with Crippen LogP contribution in [0.1, 0.15) is 16.2 Å². The lowest BCUT2D eigenvalue weighted by Crippen LogP contribution is -2.28. The third-order valence-electron chi connectivity index (χ3n) is 5.30. The quantitative estimate of drug-likeness (QED) is 0.459. The summed E-state index contributed by atoms with van der Waals surface area (Å²) in [6.07, 6.45) is 0.731. The number of benzene rings is 3. The highest BCUT2D eigenvalue weighted by molar-refractivity contribution is 6.13. The minimum absolute atomic E-state index is 0.0676. The third kappa shape index (κ3) is 3.48. The lowest BCUT2D eigenvalue weighted by molar-refractivity contribution is 0.0944. The number of hydrogen-bond acceptors (Lipinski definition) is 4. The Morgan fingerprint density at radius 2 is 1.55 bits per heavy atom. The number of nitrogens with one attached hydrogen (secondary N) is 1. The van der Waals surface area contributed by atoms with Crippen molar-refractivity contribution in [3.05, 3.63) is 96.3 Å². The molecule has 152 valence electrons. The first-order valence-electron chi connectivity index (χ1n) is 10.2. The molecular formula is C25H21N5O. The van der Waals surface area contributed by atoms with Crippen LogP contribution < -0.4 is 11.1 Å². The number of nitrogens with zero attached hydrogens (tertiary/aromatic N) is 3. The number of amides is 1. The van der Waals surface area contributed by atoms with Gasteiger partial charge in [0.25, 0.3) is 5.91 Å². The second-order valence-corrected chi connectivity index (χ2v) is 7.31. The van der Waals surface area contributed by atoms with Gasteiger partial charge in [-0.2, -0.15) is 0 Å². The van der Waals surface area contributed by atoms with Gasteiger partial charge >= 0.3 is 0 Å². The Morgan fingerprint density at radius 1 is 0.871 bits per heavy atom. The molecule has 3 aromatic carbocycles. The molecule has 5 rings (SSSR count). The first kappa shape index (κ1) is 18.8. The van der Waals surface area contributed by atoms with E-state index in [1.807, 2.05) is 89.5 Å². The maximum Gasteiger partial charge on any atom is 0.289 e. The first-order valence-corrected chi connectivity index (χ1v) is 10.2. The van der Waals surface area contributed by atoms with Gasteiger partial charge in [-0.25, -0.2) is 9.97 Å². The van der Waals surface area contributed by atoms with Crippen LogP contribution in [0.25, 0.3) is 27.6 Å². The Bertz CT molecular complexity index is 1380. The molecule has 2 aromatic heterocycles. The Kier molecular flexibility index (Phi) is 4.80. The molecule has 0 atom stereocenters. The summed E-state index contributed by atoms with van der Waals surface area (Å²) < 4.78 is 2.02. The van der Waals surface area contributed by atoms with Crippen LogP contribution in [-0.2, 0) is 6.42 Å². The van der Waals surface area contributed by atoms with Gasteiger partial charge in [0.05, 0.1) is 10.9 Å². The van der Waals surface area contributed by atoms with Crippen LogP contribution in [0.5, 0.6) is 0 Å². The second kappa shape index (κ2) is 7.91. The Labute approximate surface area is 179 Å². The van der Waals surface area contributed by atoms with E-state index < -0.39 is 0 Å². The molecule has 5 aromatic rings. The number of nitrogen functional groups attached to an aromatic ring is 1. The lowest BCUT2D eigenvalue weighted by atomic mass is 10.1. The van der Waals surface area contributed by atoms with Crippen molar-refractivity contribution < 1.29 is 4.79 Å². The molecule has 0 unspecified atom stereocenters. The number of anilines is 1. The average Bonchev–Trinajstić information content (AvgIpc) is 3.15. The third-order valence-corrected chi connectivity index (χ3v) is 5.30. The molecular weight excluding hydrogens is 386 g/mol. The minimum atomic E-state index is -0.339. The van der Waals surface area contributed by atoms with E-state index in [-0.39, 0.29) is 11.7 Å². The molecule has 0 fully saturated rings. The van der Waals surface area contributed by atoms with E-state index in [0.717, 1.165) is 34.0 Å². The molecule has 0 saturated heterocycles. The molecule has 0 bridgehead atoms. The molecule has 0 aliphatic carbocycles. The molecule has 31 heavy (non-hydrogen) atoms. The fourth-order valence-electron chi connectivity index (χ4n) is 3.86. The monoisotopic (exact) mass is 407 g/mol. The summed E-state index contributed by atoms with van der Waals surface area (Å²) in [6.45, 7) is 0.492. The summed E-state index contributed by atoms with van der Waals surface area (Å²) in [5.74, 6) is 0.0246. The number of fused-ring (bicyclic) bond motifs is 3. The van der Waals surface area contributed by atoms with E-state index in [9.17, 15) is 4.79 Å². The maximum absolute atomic E-state index is 12.8. The van der Waals surface area contributed by atoms with Gasteiger partial charge in [0, 0.05) is 17.6 Å². The summed E-state index contributed by atoms with van der Waals surface area (Å²) in [7, 11) is 0. The number of hydrogen-bond donors (Lipinski definition) is 2. The minimum Gasteiger partial charge on any atom is -0.383 e. The van der Waals surface area contributed by atoms with E-state index in [0.29, 0.717) is 18.0 Å². The summed E-state index contributed by atoms with van der Waals surface area (Å²) in [6, 6.07) is 27.9. The zero-order valence-corrected chi connectivity index (χ0v) is 16.8. The summed E-state index contributed by atoms with van der Waals surface area (Å²) in [5, 5.41) is 4.61. The van der Waals surface area contributed by atoms with Gasteiger partial charge < -0.3 is 11.1 Å². The van der Waals surface area contributed by atoms with Crippen molar-refractivity contribution in [2.75, 3.05) is 12.3 Å². The fourth-order valence-corrected chi connectivity index (χ4v) is 3.86. The van der Waals surface area contributed by atoms with Crippen LogP contribution in [0, 0.1) is 0 Å². The van der Waals surface area contributed by atoms with Crippen LogP contribution in [-0.4, -0.2) is 27.0 Å². The topological polar surface area (TPSA) is 85.8 Å². The van der Waals surface area contributed by atoms with Crippen molar-refractivity contribution in [3.8, 4) is 5.69 Å². The molecule has 0 aliphatic rings. The van der Waals surface area contributed by atoms with Gasteiger partial charge in [0.2, 0.25) is 5.82 Å². The number of carbonyl (C=O) groups is 1. The molecule has 6 heteroatoms. The number of para-hydroxylation sites is 2. The molecule has 2 heterocycles. The highest BCUT2D eigenvalue weighted by atomic mass is 16.2. The van der Waals surface area contributed by atoms with Crippen molar-refractivity contribution in [1.29, 1.82) is 0 Å². The van der Waals surface area contributed by atoms with Crippen molar-refractivity contribution in [1.82, 2.24) is 19.9 Å². The lowest BCUT2D eigenvalue weighted by Gasteiger charge is -2.09. The Balaban J connectivity index is 1.55. The first-order chi connectivity index (χ1) is 15.2. The van der Waals surface area contributed by atoms with Crippen molar-refractivity contribution in [2.24, 2.45) is 0 Å². The molecule has 0 spiro atoms. The van der Waals surface area contributed by atoms with Crippen molar-refractivity contribution >= 4 is 33.7 Å². The van der Waals surface area contributed by atoms with Gasteiger partial charge in [0.15, 0.2) is 5.65 Å².